The van der Waals surface area contributed by atoms with Crippen LogP contribution in [0.25, 0.3) is 11.1 Å². The number of hydrogen-bond donors (Lipinski definition) is 1. The summed E-state index contributed by atoms with van der Waals surface area (Å²) in [5.74, 6) is -0.251. The first-order valence-corrected chi connectivity index (χ1v) is 11.6. The second-order valence-electron chi connectivity index (χ2n) is 9.16. The molecule has 0 unspecified atom stereocenters. The Morgan fingerprint density at radius 3 is 2.48 bits per heavy atom. The molecule has 1 aliphatic heterocycles. The first-order chi connectivity index (χ1) is 15.9. The number of amides is 2. The van der Waals surface area contributed by atoms with Gasteiger partial charge >= 0.3 is 0 Å². The highest BCUT2D eigenvalue weighted by atomic mass is 16.2. The van der Waals surface area contributed by atoms with Crippen LogP contribution < -0.4 is 5.73 Å². The van der Waals surface area contributed by atoms with E-state index in [-0.39, 0.29) is 11.8 Å². The van der Waals surface area contributed by atoms with Crippen LogP contribution in [0.1, 0.15) is 36.2 Å². The smallest absolute Gasteiger partial charge is 0.225 e. The molecule has 0 aliphatic carbocycles. The van der Waals surface area contributed by atoms with Crippen LogP contribution in [0.2, 0.25) is 0 Å². The van der Waals surface area contributed by atoms with Crippen molar-refractivity contribution in [2.75, 3.05) is 13.1 Å². The van der Waals surface area contributed by atoms with Gasteiger partial charge in [-0.15, -0.1) is 0 Å². The van der Waals surface area contributed by atoms with E-state index in [2.05, 4.69) is 29.4 Å². The van der Waals surface area contributed by atoms with Crippen LogP contribution in [-0.2, 0) is 22.6 Å². The molecule has 1 saturated heterocycles. The summed E-state index contributed by atoms with van der Waals surface area (Å²) in [6.07, 6.45) is 2.28. The Kier molecular flexibility index (Phi) is 6.63. The van der Waals surface area contributed by atoms with Crippen molar-refractivity contribution in [1.82, 2.24) is 14.7 Å². The maximum atomic E-state index is 12.9. The van der Waals surface area contributed by atoms with E-state index in [1.54, 1.807) is 0 Å². The van der Waals surface area contributed by atoms with Gasteiger partial charge in [0.25, 0.3) is 0 Å². The lowest BCUT2D eigenvalue weighted by Crippen LogP contribution is -2.42. The number of nitrogens with zero attached hydrogens (tertiary/aromatic N) is 3. The molecule has 0 saturated carbocycles. The fourth-order valence-electron chi connectivity index (χ4n) is 4.90. The van der Waals surface area contributed by atoms with Crippen LogP contribution in [0.4, 0.5) is 0 Å². The number of rotatable bonds is 8. The van der Waals surface area contributed by atoms with Crippen molar-refractivity contribution in [1.29, 1.82) is 0 Å². The molecule has 0 radical (unpaired) electrons. The van der Waals surface area contributed by atoms with Crippen molar-refractivity contribution < 1.29 is 9.59 Å². The molecule has 0 bridgehead atoms. The van der Waals surface area contributed by atoms with Gasteiger partial charge in [0.05, 0.1) is 11.1 Å². The third-order valence-electron chi connectivity index (χ3n) is 6.72. The van der Waals surface area contributed by atoms with Gasteiger partial charge in [-0.2, -0.15) is 5.10 Å². The van der Waals surface area contributed by atoms with Crippen LogP contribution in [0.15, 0.2) is 60.7 Å². The van der Waals surface area contributed by atoms with Crippen molar-refractivity contribution in [3.63, 3.8) is 0 Å². The number of benzene rings is 2. The van der Waals surface area contributed by atoms with Gasteiger partial charge in [-0.3, -0.25) is 14.3 Å². The number of carbonyl (C=O) groups excluding carboxylic acids is 2. The molecule has 1 aliphatic rings. The summed E-state index contributed by atoms with van der Waals surface area (Å²) in [6.45, 7) is 5.65. The summed E-state index contributed by atoms with van der Waals surface area (Å²) >= 11 is 0. The number of primary amides is 1. The highest BCUT2D eigenvalue weighted by molar-refractivity contribution is 5.85. The van der Waals surface area contributed by atoms with Gasteiger partial charge in [0.1, 0.15) is 0 Å². The lowest BCUT2D eigenvalue weighted by molar-refractivity contribution is -0.132. The Bertz CT molecular complexity index is 1140. The predicted molar refractivity (Wildman–Crippen MR) is 129 cm³/mol. The molecule has 172 valence electrons. The fourth-order valence-corrected chi connectivity index (χ4v) is 4.90. The largest absolute Gasteiger partial charge is 0.369 e. The maximum Gasteiger partial charge on any atom is 0.225 e. The summed E-state index contributed by atoms with van der Waals surface area (Å²) in [7, 11) is 0. The van der Waals surface area contributed by atoms with E-state index < -0.39 is 5.41 Å². The molecule has 3 aromatic rings. The summed E-state index contributed by atoms with van der Waals surface area (Å²) in [5.41, 5.74) is 10.6. The maximum absolute atomic E-state index is 12.9. The average molecular weight is 445 g/mol. The van der Waals surface area contributed by atoms with Gasteiger partial charge in [-0.25, -0.2) is 0 Å². The van der Waals surface area contributed by atoms with E-state index in [1.165, 1.54) is 0 Å². The minimum absolute atomic E-state index is 0.0796. The predicted octanol–water partition coefficient (Wildman–Crippen LogP) is 3.89. The second-order valence-corrected chi connectivity index (χ2v) is 9.16. The van der Waals surface area contributed by atoms with Crippen LogP contribution in [0.3, 0.4) is 0 Å². The third-order valence-corrected chi connectivity index (χ3v) is 6.72. The van der Waals surface area contributed by atoms with Gasteiger partial charge in [-0.05, 0) is 55.9 Å². The molecule has 6 heteroatoms. The molecule has 1 fully saturated rings. The Morgan fingerprint density at radius 1 is 1.06 bits per heavy atom. The summed E-state index contributed by atoms with van der Waals surface area (Å²) in [6, 6.07) is 20.3. The fraction of sp³-hybridized carbons (Fsp3) is 0.370. The lowest BCUT2D eigenvalue weighted by Gasteiger charge is -2.27. The van der Waals surface area contributed by atoms with E-state index in [9.17, 15) is 9.59 Å². The van der Waals surface area contributed by atoms with E-state index in [1.807, 2.05) is 59.8 Å². The number of likely N-dealkylation sites (tertiary alicyclic amines) is 1. The summed E-state index contributed by atoms with van der Waals surface area (Å²) in [4.78, 5) is 27.4. The highest BCUT2D eigenvalue weighted by Gasteiger charge is 2.44. The van der Waals surface area contributed by atoms with Gasteiger partial charge in [0.2, 0.25) is 11.8 Å². The van der Waals surface area contributed by atoms with Crippen LogP contribution in [0.5, 0.6) is 0 Å². The molecule has 2 N–H and O–H groups in total. The summed E-state index contributed by atoms with van der Waals surface area (Å²) < 4.78 is 1.95. The second kappa shape index (κ2) is 9.61. The number of aromatic nitrogens is 2. The zero-order valence-corrected chi connectivity index (χ0v) is 19.5. The molecular formula is C27H32N4O2. The first-order valence-electron chi connectivity index (χ1n) is 11.6. The zero-order chi connectivity index (χ0) is 23.4. The molecule has 2 amide bonds. The van der Waals surface area contributed by atoms with E-state index in [0.717, 1.165) is 34.5 Å². The van der Waals surface area contributed by atoms with Gasteiger partial charge in [0, 0.05) is 31.7 Å². The molecule has 0 spiro atoms. The standard InChI is InChI=1S/C27H32N4O2/c1-20-17-21(2)31(29-20)15-8-13-25(32)30-16-14-27(19-30,26(28)33)18-23-11-6-7-12-24(23)22-9-4-3-5-10-22/h3-7,9-12,17H,8,13-16,18-19H2,1-2H3,(H2,28,33)/t27-/m0/s1. The minimum atomic E-state index is -0.740. The molecule has 33 heavy (non-hydrogen) atoms. The molecule has 2 heterocycles. The Morgan fingerprint density at radius 2 is 1.79 bits per heavy atom. The number of hydrogen-bond acceptors (Lipinski definition) is 3. The van der Waals surface area contributed by atoms with E-state index >= 15 is 0 Å². The molecule has 1 aromatic heterocycles. The Balaban J connectivity index is 1.44. The van der Waals surface area contributed by atoms with Crippen LogP contribution in [0, 0.1) is 19.3 Å². The van der Waals surface area contributed by atoms with E-state index in [0.29, 0.717) is 38.9 Å². The molecule has 6 nitrogen and oxygen atoms in total. The van der Waals surface area contributed by atoms with Crippen molar-refractivity contribution in [3.05, 3.63) is 77.6 Å². The summed E-state index contributed by atoms with van der Waals surface area (Å²) in [5, 5.41) is 4.46. The van der Waals surface area contributed by atoms with Crippen molar-refractivity contribution in [3.8, 4) is 11.1 Å². The lowest BCUT2D eigenvalue weighted by atomic mass is 9.78. The Labute approximate surface area is 195 Å². The van der Waals surface area contributed by atoms with Crippen molar-refractivity contribution in [2.24, 2.45) is 11.1 Å². The molecule has 4 rings (SSSR count). The zero-order valence-electron chi connectivity index (χ0n) is 19.5. The normalized spacial score (nSPS) is 17.9. The SMILES string of the molecule is Cc1cc(C)n(CCCC(=O)N2CC[C@@](Cc3ccccc3-c3ccccc3)(C(N)=O)C2)n1. The van der Waals surface area contributed by atoms with Crippen LogP contribution >= 0.6 is 0 Å². The number of nitrogens with two attached hydrogens (primary N) is 1. The van der Waals surface area contributed by atoms with Gasteiger partial charge in [0.15, 0.2) is 0 Å². The van der Waals surface area contributed by atoms with E-state index in [4.69, 9.17) is 5.73 Å². The molecule has 1 atom stereocenters. The van der Waals surface area contributed by atoms with Gasteiger partial charge in [-0.1, -0.05) is 54.6 Å². The molecule has 2 aromatic carbocycles. The minimum Gasteiger partial charge on any atom is -0.369 e. The Hall–Kier alpha value is -3.41. The number of aryl methyl sites for hydroxylation is 3. The van der Waals surface area contributed by atoms with Gasteiger partial charge < -0.3 is 10.6 Å². The third kappa shape index (κ3) is 5.00. The average Bonchev–Trinajstić information content (AvgIpc) is 3.38. The number of carbonyl (C=O) groups is 2. The van der Waals surface area contributed by atoms with Crippen LogP contribution in [-0.4, -0.2) is 39.6 Å². The quantitative estimate of drug-likeness (QED) is 0.572. The van der Waals surface area contributed by atoms with Crippen molar-refractivity contribution in [2.45, 2.75) is 46.1 Å². The topological polar surface area (TPSA) is 81.2 Å². The molecular weight excluding hydrogens is 412 g/mol. The first kappa shape index (κ1) is 22.8. The van der Waals surface area contributed by atoms with Crippen molar-refractivity contribution >= 4 is 11.8 Å². The monoisotopic (exact) mass is 444 g/mol. The highest BCUT2D eigenvalue weighted by Crippen LogP contribution is 2.37.